The van der Waals surface area contributed by atoms with Crippen LogP contribution in [-0.2, 0) is 9.59 Å². The molecule has 33 heavy (non-hydrogen) atoms. The maximum absolute atomic E-state index is 13.0. The topological polar surface area (TPSA) is 74.0 Å². The van der Waals surface area contributed by atoms with Crippen LogP contribution in [0.25, 0.3) is 10.9 Å². The van der Waals surface area contributed by atoms with Gasteiger partial charge in [-0.1, -0.05) is 78.4 Å². The van der Waals surface area contributed by atoms with Gasteiger partial charge in [-0.25, -0.2) is 0 Å². The van der Waals surface area contributed by atoms with Gasteiger partial charge < -0.3 is 15.6 Å². The highest BCUT2D eigenvalue weighted by Crippen LogP contribution is 2.30. The van der Waals surface area contributed by atoms with Crippen LogP contribution < -0.4 is 10.6 Å². The first-order valence-corrected chi connectivity index (χ1v) is 11.2. The second-order valence-corrected chi connectivity index (χ2v) is 8.42. The third-order valence-electron chi connectivity index (χ3n) is 5.95. The molecule has 0 saturated heterocycles. The van der Waals surface area contributed by atoms with E-state index in [-0.39, 0.29) is 30.2 Å². The second kappa shape index (κ2) is 10.2. The lowest BCUT2D eigenvalue weighted by Crippen LogP contribution is -2.34. The van der Waals surface area contributed by atoms with Crippen LogP contribution in [-0.4, -0.2) is 23.3 Å². The molecule has 4 aromatic rings. The van der Waals surface area contributed by atoms with Crippen LogP contribution in [0.1, 0.15) is 47.6 Å². The van der Waals surface area contributed by atoms with Crippen molar-refractivity contribution in [2.75, 3.05) is 6.54 Å². The van der Waals surface area contributed by atoms with E-state index in [1.165, 1.54) is 6.92 Å². The molecule has 0 saturated carbocycles. The van der Waals surface area contributed by atoms with Crippen molar-refractivity contribution in [1.29, 1.82) is 0 Å². The monoisotopic (exact) mass is 439 g/mol. The Morgan fingerprint density at radius 3 is 2.30 bits per heavy atom. The molecule has 0 fully saturated rings. The lowest BCUT2D eigenvalue weighted by molar-refractivity contribution is -0.122. The summed E-state index contributed by atoms with van der Waals surface area (Å²) in [6, 6.07) is 25.9. The van der Waals surface area contributed by atoms with Gasteiger partial charge in [0.25, 0.3) is 0 Å². The predicted octanol–water partition coefficient (Wildman–Crippen LogP) is 4.99. The van der Waals surface area contributed by atoms with Crippen LogP contribution in [0.15, 0.2) is 85.1 Å². The van der Waals surface area contributed by atoms with E-state index in [9.17, 15) is 9.59 Å². The van der Waals surface area contributed by atoms with Crippen molar-refractivity contribution in [3.05, 3.63) is 107 Å². The number of para-hydroxylation sites is 1. The number of carbonyl (C=O) groups is 2. The number of amides is 2. The number of fused-ring (bicyclic) bond motifs is 1. The molecule has 0 radical (unpaired) electrons. The van der Waals surface area contributed by atoms with Crippen molar-refractivity contribution in [3.63, 3.8) is 0 Å². The van der Waals surface area contributed by atoms with Crippen molar-refractivity contribution in [2.24, 2.45) is 0 Å². The minimum atomic E-state index is -0.369. The smallest absolute Gasteiger partial charge is 0.222 e. The lowest BCUT2D eigenvalue weighted by Gasteiger charge is -2.21. The Hall–Kier alpha value is -3.86. The number of hydrogen-bond donors (Lipinski definition) is 3. The van der Waals surface area contributed by atoms with Gasteiger partial charge in [-0.15, -0.1) is 0 Å². The Labute approximate surface area is 194 Å². The van der Waals surface area contributed by atoms with Gasteiger partial charge >= 0.3 is 0 Å². The van der Waals surface area contributed by atoms with E-state index in [1.54, 1.807) is 0 Å². The average molecular weight is 440 g/mol. The molecular formula is C28H29N3O2. The highest BCUT2D eigenvalue weighted by molar-refractivity contribution is 5.84. The SMILES string of the molecule is CC(=O)NC(CC(=O)NCC(c1ccccc1)c1c[nH]c2ccccc12)c1ccc(C)cc1. The molecule has 2 amide bonds. The van der Waals surface area contributed by atoms with Gasteiger partial charge in [-0.05, 0) is 29.7 Å². The quantitative estimate of drug-likeness (QED) is 0.362. The Balaban J connectivity index is 1.53. The number of rotatable bonds is 8. The summed E-state index contributed by atoms with van der Waals surface area (Å²) < 4.78 is 0. The molecule has 5 nitrogen and oxygen atoms in total. The fourth-order valence-electron chi connectivity index (χ4n) is 4.24. The van der Waals surface area contributed by atoms with Crippen LogP contribution >= 0.6 is 0 Å². The van der Waals surface area contributed by atoms with Crippen LogP contribution in [0.4, 0.5) is 0 Å². The van der Waals surface area contributed by atoms with Gasteiger partial charge in [0.2, 0.25) is 11.8 Å². The first-order chi connectivity index (χ1) is 16.0. The third-order valence-corrected chi connectivity index (χ3v) is 5.95. The van der Waals surface area contributed by atoms with Crippen molar-refractivity contribution < 1.29 is 9.59 Å². The summed E-state index contributed by atoms with van der Waals surface area (Å²) in [7, 11) is 0. The maximum atomic E-state index is 13.0. The number of benzene rings is 3. The second-order valence-electron chi connectivity index (χ2n) is 8.42. The molecular weight excluding hydrogens is 410 g/mol. The first kappa shape index (κ1) is 22.3. The highest BCUT2D eigenvalue weighted by Gasteiger charge is 2.21. The number of aromatic nitrogens is 1. The highest BCUT2D eigenvalue weighted by atomic mass is 16.2. The Morgan fingerprint density at radius 2 is 1.58 bits per heavy atom. The summed E-state index contributed by atoms with van der Waals surface area (Å²) >= 11 is 0. The van der Waals surface area contributed by atoms with Crippen LogP contribution in [0.5, 0.6) is 0 Å². The number of nitrogens with one attached hydrogen (secondary N) is 3. The Kier molecular flexibility index (Phi) is 6.89. The molecule has 2 atom stereocenters. The molecule has 1 aromatic heterocycles. The fourth-order valence-corrected chi connectivity index (χ4v) is 4.24. The zero-order chi connectivity index (χ0) is 23.2. The summed E-state index contributed by atoms with van der Waals surface area (Å²) in [6.45, 7) is 3.95. The number of carbonyl (C=O) groups excluding carboxylic acids is 2. The Morgan fingerprint density at radius 1 is 0.879 bits per heavy atom. The average Bonchev–Trinajstić information content (AvgIpc) is 3.24. The first-order valence-electron chi connectivity index (χ1n) is 11.2. The molecule has 3 aromatic carbocycles. The summed E-state index contributed by atoms with van der Waals surface area (Å²) in [5, 5.41) is 7.18. The molecule has 0 spiro atoms. The minimum Gasteiger partial charge on any atom is -0.361 e. The lowest BCUT2D eigenvalue weighted by atomic mass is 9.91. The number of aryl methyl sites for hydroxylation is 1. The molecule has 0 aliphatic heterocycles. The normalized spacial score (nSPS) is 12.8. The van der Waals surface area contributed by atoms with Gasteiger partial charge in [-0.2, -0.15) is 0 Å². The number of hydrogen-bond acceptors (Lipinski definition) is 2. The van der Waals surface area contributed by atoms with Crippen molar-refractivity contribution in [1.82, 2.24) is 15.6 Å². The van der Waals surface area contributed by atoms with Gasteiger partial charge in [0.15, 0.2) is 0 Å². The Bertz CT molecular complexity index is 1230. The van der Waals surface area contributed by atoms with E-state index in [2.05, 4.69) is 39.9 Å². The standard InChI is InChI=1S/C28H29N3O2/c1-19-12-14-22(15-13-19)27(31-20(2)32)16-28(33)30-17-24(21-8-4-3-5-9-21)25-18-29-26-11-7-6-10-23(25)26/h3-15,18,24,27,29H,16-17H2,1-2H3,(H,30,33)(H,31,32). The third kappa shape index (κ3) is 5.50. The molecule has 0 aliphatic carbocycles. The van der Waals surface area contributed by atoms with Crippen molar-refractivity contribution >= 4 is 22.7 Å². The van der Waals surface area contributed by atoms with E-state index in [0.29, 0.717) is 6.54 Å². The molecule has 1 heterocycles. The van der Waals surface area contributed by atoms with Crippen LogP contribution in [0, 0.1) is 6.92 Å². The predicted molar refractivity (Wildman–Crippen MR) is 132 cm³/mol. The van der Waals surface area contributed by atoms with E-state index in [4.69, 9.17) is 0 Å². The van der Waals surface area contributed by atoms with E-state index < -0.39 is 0 Å². The number of aromatic amines is 1. The van der Waals surface area contributed by atoms with Crippen LogP contribution in [0.3, 0.4) is 0 Å². The zero-order valence-electron chi connectivity index (χ0n) is 19.0. The molecule has 0 aliphatic rings. The summed E-state index contributed by atoms with van der Waals surface area (Å²) in [6.07, 6.45) is 2.21. The minimum absolute atomic E-state index is 0.00453. The van der Waals surface area contributed by atoms with Gasteiger partial charge in [0.05, 0.1) is 12.5 Å². The summed E-state index contributed by atoms with van der Waals surface area (Å²) in [5.74, 6) is -0.255. The molecule has 3 N–H and O–H groups in total. The van der Waals surface area contributed by atoms with E-state index >= 15 is 0 Å². The zero-order valence-corrected chi connectivity index (χ0v) is 19.0. The van der Waals surface area contributed by atoms with Crippen molar-refractivity contribution in [2.45, 2.75) is 32.2 Å². The fraction of sp³-hybridized carbons (Fsp3) is 0.214. The summed E-state index contributed by atoms with van der Waals surface area (Å²) in [5.41, 5.74) is 5.41. The van der Waals surface area contributed by atoms with E-state index in [1.807, 2.05) is 67.7 Å². The molecule has 4 rings (SSSR count). The van der Waals surface area contributed by atoms with Gasteiger partial charge in [0, 0.05) is 36.5 Å². The molecule has 2 unspecified atom stereocenters. The largest absolute Gasteiger partial charge is 0.361 e. The molecule has 0 bridgehead atoms. The molecule has 168 valence electrons. The van der Waals surface area contributed by atoms with Gasteiger partial charge in [0.1, 0.15) is 0 Å². The number of H-pyrrole nitrogens is 1. The molecule has 5 heteroatoms. The van der Waals surface area contributed by atoms with Gasteiger partial charge in [-0.3, -0.25) is 9.59 Å². The summed E-state index contributed by atoms with van der Waals surface area (Å²) in [4.78, 5) is 28.1. The maximum Gasteiger partial charge on any atom is 0.222 e. The van der Waals surface area contributed by atoms with Crippen LogP contribution in [0.2, 0.25) is 0 Å². The van der Waals surface area contributed by atoms with Crippen molar-refractivity contribution in [3.8, 4) is 0 Å². The van der Waals surface area contributed by atoms with E-state index in [0.717, 1.165) is 33.2 Å².